The Balaban J connectivity index is 1.45. The van der Waals surface area contributed by atoms with E-state index in [0.717, 1.165) is 43.6 Å². The second-order valence-corrected chi connectivity index (χ2v) is 6.08. The first-order valence-electron chi connectivity index (χ1n) is 8.09. The Morgan fingerprint density at radius 3 is 2.67 bits per heavy atom. The first kappa shape index (κ1) is 16.4. The fraction of sp³-hybridized carbons (Fsp3) is 0.278. The first-order chi connectivity index (χ1) is 11.7. The quantitative estimate of drug-likeness (QED) is 0.523. The fourth-order valence-corrected chi connectivity index (χ4v) is 2.81. The van der Waals surface area contributed by atoms with Crippen LogP contribution in [0.2, 0.25) is 0 Å². The van der Waals surface area contributed by atoms with E-state index in [1.54, 1.807) is 10.7 Å². The van der Waals surface area contributed by atoms with Gasteiger partial charge in [-0.25, -0.2) is 4.68 Å². The van der Waals surface area contributed by atoms with Gasteiger partial charge in [0.1, 0.15) is 10.4 Å². The SMILES string of the molecule is Oc1cccn(CCCCCc2cn(-c3ccccc3)nn2)c1=S. The molecule has 0 unspecified atom stereocenters. The number of aryl methyl sites for hydroxylation is 2. The standard InChI is InChI=1S/C18H20N4OS/c23-17-11-7-13-21(18(17)24)12-6-2-3-8-15-14-22(20-19-15)16-9-4-1-5-10-16/h1,4-5,7,9-11,13-14,23H,2-3,6,8,12H2. The molecule has 0 spiro atoms. The Hall–Kier alpha value is -2.47. The molecular weight excluding hydrogens is 320 g/mol. The topological polar surface area (TPSA) is 55.9 Å². The molecule has 0 aliphatic heterocycles. The maximum Gasteiger partial charge on any atom is 0.150 e. The average Bonchev–Trinajstić information content (AvgIpc) is 3.08. The summed E-state index contributed by atoms with van der Waals surface area (Å²) in [5, 5.41) is 18.0. The smallest absolute Gasteiger partial charge is 0.150 e. The summed E-state index contributed by atoms with van der Waals surface area (Å²) in [6.45, 7) is 0.823. The van der Waals surface area contributed by atoms with Crippen LogP contribution in [-0.4, -0.2) is 24.7 Å². The zero-order chi connectivity index (χ0) is 16.8. The first-order valence-corrected chi connectivity index (χ1v) is 8.50. The molecule has 0 aliphatic rings. The van der Waals surface area contributed by atoms with Gasteiger partial charge >= 0.3 is 0 Å². The van der Waals surface area contributed by atoms with Crippen LogP contribution in [0.5, 0.6) is 5.75 Å². The summed E-state index contributed by atoms with van der Waals surface area (Å²) in [4.78, 5) is 0. The van der Waals surface area contributed by atoms with Crippen molar-refractivity contribution in [1.82, 2.24) is 19.6 Å². The summed E-state index contributed by atoms with van der Waals surface area (Å²) in [5.74, 6) is 0.171. The minimum atomic E-state index is 0.171. The molecule has 0 fully saturated rings. The van der Waals surface area contributed by atoms with Gasteiger partial charge in [0.15, 0.2) is 0 Å². The van der Waals surface area contributed by atoms with E-state index in [-0.39, 0.29) is 5.75 Å². The van der Waals surface area contributed by atoms with Crippen LogP contribution in [0.3, 0.4) is 0 Å². The molecular formula is C18H20N4OS. The van der Waals surface area contributed by atoms with Crippen LogP contribution in [0.1, 0.15) is 25.0 Å². The molecule has 3 aromatic rings. The number of aromatic hydroxyl groups is 1. The molecule has 24 heavy (non-hydrogen) atoms. The van der Waals surface area contributed by atoms with E-state index in [9.17, 15) is 5.11 Å². The Morgan fingerprint density at radius 2 is 1.83 bits per heavy atom. The predicted octanol–water partition coefficient (Wildman–Crippen LogP) is 3.92. The van der Waals surface area contributed by atoms with Gasteiger partial charge in [0.25, 0.3) is 0 Å². The highest BCUT2D eigenvalue weighted by molar-refractivity contribution is 7.71. The second kappa shape index (κ2) is 7.88. The Kier molecular flexibility index (Phi) is 5.38. The summed E-state index contributed by atoms with van der Waals surface area (Å²) < 4.78 is 4.22. The summed E-state index contributed by atoms with van der Waals surface area (Å²) in [7, 11) is 0. The third kappa shape index (κ3) is 4.08. The van der Waals surface area contributed by atoms with Crippen molar-refractivity contribution in [2.24, 2.45) is 0 Å². The molecule has 1 N–H and O–H groups in total. The highest BCUT2D eigenvalue weighted by Crippen LogP contribution is 2.12. The number of benzene rings is 1. The zero-order valence-corrected chi connectivity index (χ0v) is 14.2. The van der Waals surface area contributed by atoms with Crippen LogP contribution in [0.15, 0.2) is 54.9 Å². The number of hydrogen-bond donors (Lipinski definition) is 1. The predicted molar refractivity (Wildman–Crippen MR) is 95.8 cm³/mol. The Labute approximate surface area is 146 Å². The van der Waals surface area contributed by atoms with Crippen molar-refractivity contribution in [2.45, 2.75) is 32.2 Å². The molecule has 2 heterocycles. The van der Waals surface area contributed by atoms with Crippen molar-refractivity contribution < 1.29 is 5.11 Å². The minimum absolute atomic E-state index is 0.171. The molecule has 3 rings (SSSR count). The summed E-state index contributed by atoms with van der Waals surface area (Å²) in [5.41, 5.74) is 2.03. The number of hydrogen-bond acceptors (Lipinski definition) is 4. The van der Waals surface area contributed by atoms with Gasteiger partial charge in [-0.15, -0.1) is 5.10 Å². The molecule has 0 bridgehead atoms. The van der Waals surface area contributed by atoms with Gasteiger partial charge in [-0.1, -0.05) is 42.1 Å². The van der Waals surface area contributed by atoms with Crippen molar-refractivity contribution in [3.63, 3.8) is 0 Å². The van der Waals surface area contributed by atoms with Crippen molar-refractivity contribution in [3.05, 3.63) is 65.2 Å². The van der Waals surface area contributed by atoms with Gasteiger partial charge in [0.2, 0.25) is 0 Å². The van der Waals surface area contributed by atoms with E-state index in [2.05, 4.69) is 10.3 Å². The lowest BCUT2D eigenvalue weighted by atomic mass is 10.1. The van der Waals surface area contributed by atoms with Crippen LogP contribution in [0, 0.1) is 4.64 Å². The van der Waals surface area contributed by atoms with Gasteiger partial charge < -0.3 is 9.67 Å². The van der Waals surface area contributed by atoms with Crippen LogP contribution in [0.4, 0.5) is 0 Å². The summed E-state index contributed by atoms with van der Waals surface area (Å²) in [6.07, 6.45) is 7.96. The van der Waals surface area contributed by atoms with Gasteiger partial charge in [0.05, 0.1) is 17.6 Å². The molecule has 124 valence electrons. The van der Waals surface area contributed by atoms with E-state index in [1.165, 1.54) is 0 Å². The number of pyridine rings is 1. The largest absolute Gasteiger partial charge is 0.505 e. The van der Waals surface area contributed by atoms with E-state index in [4.69, 9.17) is 12.2 Å². The van der Waals surface area contributed by atoms with Gasteiger partial charge in [0, 0.05) is 12.7 Å². The van der Waals surface area contributed by atoms with E-state index in [0.29, 0.717) is 4.64 Å². The number of unbranched alkanes of at least 4 members (excludes halogenated alkanes) is 2. The minimum Gasteiger partial charge on any atom is -0.505 e. The average molecular weight is 340 g/mol. The molecule has 1 aromatic carbocycles. The normalized spacial score (nSPS) is 10.8. The molecule has 0 atom stereocenters. The molecule has 5 nitrogen and oxygen atoms in total. The van der Waals surface area contributed by atoms with Crippen LogP contribution >= 0.6 is 12.2 Å². The van der Waals surface area contributed by atoms with Gasteiger partial charge in [-0.3, -0.25) is 0 Å². The van der Waals surface area contributed by atoms with E-state index in [1.807, 2.05) is 53.4 Å². The molecule has 0 saturated carbocycles. The van der Waals surface area contributed by atoms with Crippen molar-refractivity contribution in [2.75, 3.05) is 0 Å². The molecule has 0 amide bonds. The Bertz CT molecular complexity index is 841. The molecule has 6 heteroatoms. The number of para-hydroxylation sites is 1. The third-order valence-electron chi connectivity index (χ3n) is 3.89. The fourth-order valence-electron chi connectivity index (χ4n) is 2.59. The molecule has 2 aromatic heterocycles. The van der Waals surface area contributed by atoms with E-state index < -0.39 is 0 Å². The maximum absolute atomic E-state index is 9.61. The second-order valence-electron chi connectivity index (χ2n) is 5.69. The zero-order valence-electron chi connectivity index (χ0n) is 13.4. The number of nitrogens with zero attached hydrogens (tertiary/aromatic N) is 4. The van der Waals surface area contributed by atoms with Crippen LogP contribution in [0.25, 0.3) is 5.69 Å². The van der Waals surface area contributed by atoms with Gasteiger partial charge in [-0.2, -0.15) is 0 Å². The lowest BCUT2D eigenvalue weighted by molar-refractivity contribution is 0.459. The Morgan fingerprint density at radius 1 is 1.00 bits per heavy atom. The lowest BCUT2D eigenvalue weighted by Crippen LogP contribution is -2.00. The number of rotatable bonds is 7. The molecule has 0 aliphatic carbocycles. The van der Waals surface area contributed by atoms with Crippen LogP contribution in [-0.2, 0) is 13.0 Å². The van der Waals surface area contributed by atoms with Crippen molar-refractivity contribution in [1.29, 1.82) is 0 Å². The molecule has 0 radical (unpaired) electrons. The third-order valence-corrected chi connectivity index (χ3v) is 4.34. The van der Waals surface area contributed by atoms with Crippen molar-refractivity contribution in [3.8, 4) is 11.4 Å². The van der Waals surface area contributed by atoms with Gasteiger partial charge in [-0.05, 0) is 43.5 Å². The monoisotopic (exact) mass is 340 g/mol. The van der Waals surface area contributed by atoms with Crippen molar-refractivity contribution >= 4 is 12.2 Å². The van der Waals surface area contributed by atoms with E-state index >= 15 is 0 Å². The highest BCUT2D eigenvalue weighted by Gasteiger charge is 2.03. The van der Waals surface area contributed by atoms with Crippen LogP contribution < -0.4 is 0 Å². The molecule has 0 saturated heterocycles. The summed E-state index contributed by atoms with van der Waals surface area (Å²) >= 11 is 5.19. The highest BCUT2D eigenvalue weighted by atomic mass is 32.1. The maximum atomic E-state index is 9.61. The lowest BCUT2D eigenvalue weighted by Gasteiger charge is -2.07. The summed E-state index contributed by atoms with van der Waals surface area (Å²) in [6, 6.07) is 13.4. The number of aromatic nitrogens is 4.